The van der Waals surface area contributed by atoms with Crippen LogP contribution in [0.15, 0.2) is 60.7 Å². The van der Waals surface area contributed by atoms with E-state index < -0.39 is 24.1 Å². The van der Waals surface area contributed by atoms with Crippen LogP contribution >= 0.6 is 0 Å². The number of aliphatic carboxylic acids is 1. The standard InChI is InChI=1S/C22H14O7/c23-12-5-7-16-18(9-12)28-19-10-13(27-11-20(24)25)6-8-17(19)22(16)15-4-2-1-3-14(15)21(26)29-22/h1-10,23H,11H2,(H,24,25). The number of esters is 1. The minimum Gasteiger partial charge on any atom is -0.508 e. The minimum absolute atomic E-state index is 0.00163. The van der Waals surface area contributed by atoms with Gasteiger partial charge in [-0.3, -0.25) is 0 Å². The number of phenols is 1. The summed E-state index contributed by atoms with van der Waals surface area (Å²) in [5.41, 5.74) is 1.04. The molecule has 3 aromatic rings. The van der Waals surface area contributed by atoms with Gasteiger partial charge >= 0.3 is 11.9 Å². The maximum atomic E-state index is 12.7. The van der Waals surface area contributed by atoms with Crippen molar-refractivity contribution in [2.24, 2.45) is 0 Å². The molecule has 0 fully saturated rings. The van der Waals surface area contributed by atoms with Gasteiger partial charge in [0.2, 0.25) is 0 Å². The summed E-state index contributed by atoms with van der Waals surface area (Å²) in [6.07, 6.45) is 0. The van der Waals surface area contributed by atoms with Crippen LogP contribution in [0.1, 0.15) is 27.0 Å². The zero-order valence-corrected chi connectivity index (χ0v) is 14.9. The molecule has 1 spiro atoms. The van der Waals surface area contributed by atoms with Crippen LogP contribution in [0, 0.1) is 0 Å². The predicted molar refractivity (Wildman–Crippen MR) is 99.5 cm³/mol. The van der Waals surface area contributed by atoms with Crippen LogP contribution in [0.3, 0.4) is 0 Å². The summed E-state index contributed by atoms with van der Waals surface area (Å²) in [5.74, 6) is -0.596. The molecule has 0 bridgehead atoms. The van der Waals surface area contributed by atoms with Crippen LogP contribution in [0.2, 0.25) is 0 Å². The van der Waals surface area contributed by atoms with Crippen LogP contribution in [-0.2, 0) is 15.1 Å². The molecule has 2 N–H and O–H groups in total. The predicted octanol–water partition coefficient (Wildman–Crippen LogP) is 3.42. The van der Waals surface area contributed by atoms with E-state index in [1.165, 1.54) is 12.1 Å². The number of carboxylic acid groups (broad SMARTS) is 1. The molecule has 0 radical (unpaired) electrons. The fraction of sp³-hybridized carbons (Fsp3) is 0.0909. The maximum Gasteiger partial charge on any atom is 0.341 e. The largest absolute Gasteiger partial charge is 0.508 e. The molecule has 0 aromatic heterocycles. The molecule has 2 aliphatic heterocycles. The number of phenolic OH excluding ortho intramolecular Hbond substituents is 1. The van der Waals surface area contributed by atoms with E-state index in [2.05, 4.69) is 0 Å². The lowest BCUT2D eigenvalue weighted by Gasteiger charge is -2.36. The topological polar surface area (TPSA) is 102 Å². The van der Waals surface area contributed by atoms with E-state index in [0.29, 0.717) is 39.5 Å². The highest BCUT2D eigenvalue weighted by atomic mass is 16.6. The molecule has 3 aromatic carbocycles. The van der Waals surface area contributed by atoms with E-state index in [4.69, 9.17) is 19.3 Å². The molecule has 29 heavy (non-hydrogen) atoms. The first kappa shape index (κ1) is 17.1. The van der Waals surface area contributed by atoms with E-state index >= 15 is 0 Å². The van der Waals surface area contributed by atoms with Crippen molar-refractivity contribution in [3.8, 4) is 23.0 Å². The Bertz CT molecular complexity index is 1180. The van der Waals surface area contributed by atoms with E-state index in [0.717, 1.165) is 0 Å². The van der Waals surface area contributed by atoms with E-state index in [1.54, 1.807) is 36.4 Å². The van der Waals surface area contributed by atoms with Crippen LogP contribution in [0.5, 0.6) is 23.0 Å². The second kappa shape index (κ2) is 6.00. The molecular weight excluding hydrogens is 376 g/mol. The number of fused-ring (bicyclic) bond motifs is 6. The fourth-order valence-corrected chi connectivity index (χ4v) is 3.88. The Balaban J connectivity index is 1.75. The third-order valence-corrected chi connectivity index (χ3v) is 5.03. The number of aromatic hydroxyl groups is 1. The molecule has 0 saturated heterocycles. The van der Waals surface area contributed by atoms with Crippen molar-refractivity contribution in [2.45, 2.75) is 5.60 Å². The van der Waals surface area contributed by atoms with Crippen molar-refractivity contribution in [1.29, 1.82) is 0 Å². The van der Waals surface area contributed by atoms with E-state index in [1.807, 2.05) is 12.1 Å². The first-order valence-electron chi connectivity index (χ1n) is 8.82. The van der Waals surface area contributed by atoms with Gasteiger partial charge in [-0.25, -0.2) is 9.59 Å². The van der Waals surface area contributed by atoms with Crippen molar-refractivity contribution in [2.75, 3.05) is 6.61 Å². The zero-order chi connectivity index (χ0) is 20.2. The lowest BCUT2D eigenvalue weighted by atomic mass is 9.77. The van der Waals surface area contributed by atoms with Crippen LogP contribution in [0.4, 0.5) is 0 Å². The van der Waals surface area contributed by atoms with Crippen molar-refractivity contribution < 1.29 is 34.0 Å². The van der Waals surface area contributed by atoms with Gasteiger partial charge in [0.05, 0.1) is 5.56 Å². The van der Waals surface area contributed by atoms with Crippen LogP contribution in [-0.4, -0.2) is 28.8 Å². The molecule has 7 nitrogen and oxygen atoms in total. The number of ether oxygens (including phenoxy) is 3. The lowest BCUT2D eigenvalue weighted by molar-refractivity contribution is -0.139. The number of carbonyl (C=O) groups excluding carboxylic acids is 1. The number of carboxylic acids is 1. The van der Waals surface area contributed by atoms with Crippen molar-refractivity contribution in [3.05, 3.63) is 82.9 Å². The molecular formula is C22H14O7. The van der Waals surface area contributed by atoms with Gasteiger partial charge in [-0.1, -0.05) is 18.2 Å². The van der Waals surface area contributed by atoms with Gasteiger partial charge in [-0.05, 0) is 30.3 Å². The Morgan fingerprint density at radius 3 is 2.48 bits per heavy atom. The summed E-state index contributed by atoms with van der Waals surface area (Å²) in [6.45, 7) is -0.501. The van der Waals surface area contributed by atoms with Gasteiger partial charge in [0.1, 0.15) is 23.0 Å². The van der Waals surface area contributed by atoms with Gasteiger partial charge in [-0.15, -0.1) is 0 Å². The Morgan fingerprint density at radius 1 is 0.966 bits per heavy atom. The van der Waals surface area contributed by atoms with Crippen molar-refractivity contribution >= 4 is 11.9 Å². The molecule has 1 unspecified atom stereocenters. The number of rotatable bonds is 3. The molecule has 144 valence electrons. The molecule has 7 heteroatoms. The Kier molecular flexibility index (Phi) is 3.54. The Labute approximate surface area is 164 Å². The molecule has 2 aliphatic rings. The summed E-state index contributed by atoms with van der Waals surface area (Å²) in [6, 6.07) is 16.6. The fourth-order valence-electron chi connectivity index (χ4n) is 3.88. The number of carbonyl (C=O) groups is 2. The summed E-state index contributed by atoms with van der Waals surface area (Å²) < 4.78 is 17.2. The minimum atomic E-state index is -1.24. The van der Waals surface area contributed by atoms with Gasteiger partial charge in [0.15, 0.2) is 12.2 Å². The van der Waals surface area contributed by atoms with Crippen LogP contribution in [0.25, 0.3) is 0 Å². The summed E-state index contributed by atoms with van der Waals surface area (Å²) in [4.78, 5) is 23.5. The van der Waals surface area contributed by atoms with Gasteiger partial charge < -0.3 is 24.4 Å². The van der Waals surface area contributed by atoms with E-state index in [-0.39, 0.29) is 5.75 Å². The first-order valence-corrected chi connectivity index (χ1v) is 8.82. The molecule has 5 rings (SSSR count). The van der Waals surface area contributed by atoms with Gasteiger partial charge in [0.25, 0.3) is 0 Å². The summed E-state index contributed by atoms with van der Waals surface area (Å²) in [7, 11) is 0. The van der Waals surface area contributed by atoms with Gasteiger partial charge in [-0.2, -0.15) is 0 Å². The third kappa shape index (κ3) is 2.44. The van der Waals surface area contributed by atoms with E-state index in [9.17, 15) is 14.7 Å². The highest BCUT2D eigenvalue weighted by Gasteiger charge is 2.53. The Hall–Kier alpha value is -4.00. The second-order valence-electron chi connectivity index (χ2n) is 6.74. The second-order valence-corrected chi connectivity index (χ2v) is 6.74. The first-order chi connectivity index (χ1) is 14.0. The normalized spacial score (nSPS) is 18.3. The molecule has 1 atom stereocenters. The molecule has 2 heterocycles. The monoisotopic (exact) mass is 390 g/mol. The highest BCUT2D eigenvalue weighted by molar-refractivity contribution is 5.97. The SMILES string of the molecule is O=C(O)COc1ccc2c(c1)Oc1cc(O)ccc1C21OC(=O)c2ccccc21. The molecule has 0 amide bonds. The number of benzene rings is 3. The van der Waals surface area contributed by atoms with Crippen molar-refractivity contribution in [3.63, 3.8) is 0 Å². The number of hydrogen-bond donors (Lipinski definition) is 2. The molecule has 0 aliphatic carbocycles. The highest BCUT2D eigenvalue weighted by Crippen LogP contribution is 2.56. The molecule has 0 saturated carbocycles. The summed E-state index contributed by atoms with van der Waals surface area (Å²) >= 11 is 0. The average Bonchev–Trinajstić information content (AvgIpc) is 2.99. The quantitative estimate of drug-likeness (QED) is 0.661. The smallest absolute Gasteiger partial charge is 0.341 e. The third-order valence-electron chi connectivity index (χ3n) is 5.03. The Morgan fingerprint density at radius 2 is 1.69 bits per heavy atom. The van der Waals surface area contributed by atoms with Crippen LogP contribution < -0.4 is 9.47 Å². The lowest BCUT2D eigenvalue weighted by Crippen LogP contribution is -2.33. The summed E-state index contributed by atoms with van der Waals surface area (Å²) in [5, 5.41) is 18.8. The number of hydrogen-bond acceptors (Lipinski definition) is 6. The zero-order valence-electron chi connectivity index (χ0n) is 14.9. The average molecular weight is 390 g/mol. The maximum absolute atomic E-state index is 12.7. The van der Waals surface area contributed by atoms with Crippen molar-refractivity contribution in [1.82, 2.24) is 0 Å². The van der Waals surface area contributed by atoms with Gasteiger partial charge in [0, 0.05) is 28.8 Å².